The van der Waals surface area contributed by atoms with E-state index in [9.17, 15) is 9.18 Å². The maximum Gasteiger partial charge on any atom is 0.410 e. The molecule has 1 saturated heterocycles. The molecule has 0 aliphatic carbocycles. The number of nitrogens with zero attached hydrogens (tertiary/aromatic N) is 2. The Kier molecular flexibility index (Phi) is 5.56. The molecule has 1 aliphatic heterocycles. The lowest BCUT2D eigenvalue weighted by atomic mass is 9.95. The summed E-state index contributed by atoms with van der Waals surface area (Å²) in [5, 5.41) is 0.319. The molecule has 7 heteroatoms. The minimum Gasteiger partial charge on any atom is -0.496 e. The molecule has 0 N–H and O–H groups in total. The number of carbonyl (C=O) groups is 1. The second-order valence-electron chi connectivity index (χ2n) is 6.91. The van der Waals surface area contributed by atoms with E-state index in [2.05, 4.69) is 4.98 Å². The Labute approximate surface area is 163 Å². The highest BCUT2D eigenvalue weighted by Gasteiger charge is 2.31. The van der Waals surface area contributed by atoms with E-state index in [1.807, 2.05) is 26.8 Å². The average molecular weight is 393 g/mol. The van der Waals surface area contributed by atoms with Crippen LogP contribution < -0.4 is 4.74 Å². The third-order valence-electron chi connectivity index (χ3n) is 4.71. The summed E-state index contributed by atoms with van der Waals surface area (Å²) in [6.45, 7) is 6.35. The standard InChI is InChI=1S/C20H22ClFN2O3/c1-11(2)14-7-15(18(26-4)8-16(14)22)13-5-6-19(21)23-17(13)9-24-12(3)10-27-20(24)25/h5-8,11-12H,9-10H2,1-4H3. The number of pyridine rings is 1. The second kappa shape index (κ2) is 7.72. The highest BCUT2D eigenvalue weighted by Crippen LogP contribution is 2.37. The van der Waals surface area contributed by atoms with Gasteiger partial charge >= 0.3 is 6.09 Å². The van der Waals surface area contributed by atoms with Gasteiger partial charge in [-0.05, 0) is 36.6 Å². The topological polar surface area (TPSA) is 51.7 Å². The predicted molar refractivity (Wildman–Crippen MR) is 102 cm³/mol. The van der Waals surface area contributed by atoms with E-state index >= 15 is 0 Å². The van der Waals surface area contributed by atoms with Crippen LogP contribution in [-0.2, 0) is 11.3 Å². The first-order valence-corrected chi connectivity index (χ1v) is 9.16. The maximum absolute atomic E-state index is 14.4. The van der Waals surface area contributed by atoms with Gasteiger partial charge in [0, 0.05) is 17.2 Å². The molecule has 144 valence electrons. The summed E-state index contributed by atoms with van der Waals surface area (Å²) in [7, 11) is 1.50. The third-order valence-corrected chi connectivity index (χ3v) is 4.92. The minimum atomic E-state index is -0.385. The molecule has 2 aromatic rings. The van der Waals surface area contributed by atoms with Crippen molar-refractivity contribution in [2.45, 2.75) is 39.3 Å². The molecule has 5 nitrogen and oxygen atoms in total. The van der Waals surface area contributed by atoms with Crippen molar-refractivity contribution in [2.24, 2.45) is 0 Å². The maximum atomic E-state index is 14.4. The van der Waals surface area contributed by atoms with Crippen LogP contribution in [0, 0.1) is 5.82 Å². The molecular formula is C20H22ClFN2O3. The molecular weight excluding hydrogens is 371 g/mol. The average Bonchev–Trinajstić information content (AvgIpc) is 2.93. The number of amides is 1. The number of carbonyl (C=O) groups excluding carboxylic acids is 1. The molecule has 1 atom stereocenters. The van der Waals surface area contributed by atoms with Gasteiger partial charge in [-0.2, -0.15) is 0 Å². The van der Waals surface area contributed by atoms with E-state index in [-0.39, 0.29) is 30.4 Å². The Hall–Kier alpha value is -2.34. The van der Waals surface area contributed by atoms with Crippen LogP contribution >= 0.6 is 11.6 Å². The third kappa shape index (κ3) is 3.86. The van der Waals surface area contributed by atoms with Crippen molar-refractivity contribution >= 4 is 17.7 Å². The fraction of sp³-hybridized carbons (Fsp3) is 0.400. The Balaban J connectivity index is 2.12. The Morgan fingerprint density at radius 3 is 2.70 bits per heavy atom. The predicted octanol–water partition coefficient (Wildman–Crippen LogP) is 5.01. The summed E-state index contributed by atoms with van der Waals surface area (Å²) in [6, 6.07) is 6.59. The first-order chi connectivity index (χ1) is 12.8. The van der Waals surface area contributed by atoms with Crippen molar-refractivity contribution in [2.75, 3.05) is 13.7 Å². The summed E-state index contributed by atoms with van der Waals surface area (Å²) >= 11 is 6.11. The summed E-state index contributed by atoms with van der Waals surface area (Å²) in [5.41, 5.74) is 2.64. The molecule has 1 fully saturated rings. The van der Waals surface area contributed by atoms with E-state index < -0.39 is 0 Å². The van der Waals surface area contributed by atoms with Gasteiger partial charge in [0.15, 0.2) is 0 Å². The molecule has 2 heterocycles. The van der Waals surface area contributed by atoms with Crippen LogP contribution in [-0.4, -0.2) is 35.7 Å². The van der Waals surface area contributed by atoms with Crippen LogP contribution in [0.5, 0.6) is 5.75 Å². The van der Waals surface area contributed by atoms with Crippen LogP contribution in [0.2, 0.25) is 5.15 Å². The van der Waals surface area contributed by atoms with Crippen LogP contribution in [0.1, 0.15) is 37.9 Å². The first-order valence-electron chi connectivity index (χ1n) is 8.78. The minimum absolute atomic E-state index is 0.00643. The monoisotopic (exact) mass is 392 g/mol. The molecule has 0 bridgehead atoms. The molecule has 27 heavy (non-hydrogen) atoms. The van der Waals surface area contributed by atoms with E-state index in [4.69, 9.17) is 21.1 Å². The molecule has 0 saturated carbocycles. The van der Waals surface area contributed by atoms with Gasteiger partial charge in [-0.15, -0.1) is 0 Å². The number of hydrogen-bond acceptors (Lipinski definition) is 4. The summed E-state index contributed by atoms with van der Waals surface area (Å²) in [4.78, 5) is 18.0. The van der Waals surface area contributed by atoms with E-state index in [1.54, 1.807) is 17.0 Å². The number of cyclic esters (lactones) is 1. The fourth-order valence-electron chi connectivity index (χ4n) is 3.16. The van der Waals surface area contributed by atoms with Crippen LogP contribution in [0.3, 0.4) is 0 Å². The number of rotatable bonds is 5. The number of methoxy groups -OCH3 is 1. The Morgan fingerprint density at radius 1 is 1.37 bits per heavy atom. The van der Waals surface area contributed by atoms with E-state index in [1.165, 1.54) is 13.2 Å². The number of benzene rings is 1. The largest absolute Gasteiger partial charge is 0.496 e. The molecule has 1 unspecified atom stereocenters. The molecule has 0 radical (unpaired) electrons. The zero-order chi connectivity index (χ0) is 19.7. The zero-order valence-corrected chi connectivity index (χ0v) is 16.5. The summed E-state index contributed by atoms with van der Waals surface area (Å²) < 4.78 is 24.9. The van der Waals surface area contributed by atoms with Crippen LogP contribution in [0.25, 0.3) is 11.1 Å². The SMILES string of the molecule is COc1cc(F)c(C(C)C)cc1-c1ccc(Cl)nc1CN1C(=O)OCC1C. The molecule has 3 rings (SSSR count). The van der Waals surface area contributed by atoms with Crippen LogP contribution in [0.4, 0.5) is 9.18 Å². The summed E-state index contributed by atoms with van der Waals surface area (Å²) in [6.07, 6.45) is -0.385. The van der Waals surface area contributed by atoms with Gasteiger partial charge in [0.1, 0.15) is 23.3 Å². The molecule has 1 aromatic heterocycles. The quantitative estimate of drug-likeness (QED) is 0.671. The fourth-order valence-corrected chi connectivity index (χ4v) is 3.33. The van der Waals surface area contributed by atoms with Crippen molar-refractivity contribution in [1.29, 1.82) is 0 Å². The van der Waals surface area contributed by atoms with Crippen LogP contribution in [0.15, 0.2) is 24.3 Å². The zero-order valence-electron chi connectivity index (χ0n) is 15.8. The van der Waals surface area contributed by atoms with Crippen molar-refractivity contribution in [3.05, 3.63) is 46.5 Å². The molecule has 1 aromatic carbocycles. The van der Waals surface area contributed by atoms with Crippen molar-refractivity contribution in [3.63, 3.8) is 0 Å². The van der Waals surface area contributed by atoms with Crippen molar-refractivity contribution in [3.8, 4) is 16.9 Å². The van der Waals surface area contributed by atoms with Gasteiger partial charge in [0.2, 0.25) is 0 Å². The van der Waals surface area contributed by atoms with E-state index in [0.717, 1.165) is 5.56 Å². The number of halogens is 2. The highest BCUT2D eigenvalue weighted by molar-refractivity contribution is 6.29. The molecule has 0 spiro atoms. The number of hydrogen-bond donors (Lipinski definition) is 0. The van der Waals surface area contributed by atoms with Gasteiger partial charge in [-0.25, -0.2) is 14.2 Å². The lowest BCUT2D eigenvalue weighted by molar-refractivity contribution is 0.156. The van der Waals surface area contributed by atoms with Crippen molar-refractivity contribution in [1.82, 2.24) is 9.88 Å². The summed E-state index contributed by atoms with van der Waals surface area (Å²) in [5.74, 6) is 0.0945. The Morgan fingerprint density at radius 2 is 2.11 bits per heavy atom. The first kappa shape index (κ1) is 19.4. The van der Waals surface area contributed by atoms with Crippen molar-refractivity contribution < 1.29 is 18.7 Å². The van der Waals surface area contributed by atoms with Gasteiger partial charge in [0.25, 0.3) is 0 Å². The Bertz CT molecular complexity index is 873. The highest BCUT2D eigenvalue weighted by atomic mass is 35.5. The number of aromatic nitrogens is 1. The van der Waals surface area contributed by atoms with Gasteiger partial charge in [0.05, 0.1) is 25.4 Å². The lowest BCUT2D eigenvalue weighted by Crippen LogP contribution is -2.31. The number of ether oxygens (including phenoxy) is 2. The molecule has 1 aliphatic rings. The van der Waals surface area contributed by atoms with Gasteiger partial charge in [-0.1, -0.05) is 25.4 Å². The molecule has 1 amide bonds. The van der Waals surface area contributed by atoms with E-state index in [0.29, 0.717) is 34.3 Å². The second-order valence-corrected chi connectivity index (χ2v) is 7.30. The van der Waals surface area contributed by atoms with Gasteiger partial charge < -0.3 is 9.47 Å². The van der Waals surface area contributed by atoms with Gasteiger partial charge in [-0.3, -0.25) is 4.90 Å². The lowest BCUT2D eigenvalue weighted by Gasteiger charge is -2.21. The smallest absolute Gasteiger partial charge is 0.410 e. The normalized spacial score (nSPS) is 16.8.